The van der Waals surface area contributed by atoms with E-state index in [9.17, 15) is 4.79 Å². The second-order valence-corrected chi connectivity index (χ2v) is 7.91. The average molecular weight is 363 g/mol. The molecule has 0 radical (unpaired) electrons. The molecule has 0 aliphatic carbocycles. The quantitative estimate of drug-likeness (QED) is 0.601. The highest BCUT2D eigenvalue weighted by Crippen LogP contribution is 2.44. The van der Waals surface area contributed by atoms with Gasteiger partial charge in [-0.3, -0.25) is 4.79 Å². The molecule has 132 valence electrons. The molecule has 0 fully saturated rings. The summed E-state index contributed by atoms with van der Waals surface area (Å²) >= 11 is 1.56. The van der Waals surface area contributed by atoms with Crippen molar-refractivity contribution in [2.45, 2.75) is 27.4 Å². The first-order valence-corrected chi connectivity index (χ1v) is 9.48. The SMILES string of the molecule is Cc1ccc(C)c(N(C)C(=O)c2cc3c(s2)-c2c(C)cccc2OC3)c1. The third kappa shape index (κ3) is 2.71. The smallest absolute Gasteiger partial charge is 0.268 e. The van der Waals surface area contributed by atoms with Crippen LogP contribution >= 0.6 is 11.3 Å². The molecule has 0 saturated heterocycles. The molecule has 0 saturated carbocycles. The van der Waals surface area contributed by atoms with E-state index in [1.807, 2.05) is 39.1 Å². The second kappa shape index (κ2) is 6.29. The van der Waals surface area contributed by atoms with Gasteiger partial charge in [-0.05, 0) is 55.7 Å². The predicted molar refractivity (Wildman–Crippen MR) is 107 cm³/mol. The Morgan fingerprint density at radius 3 is 2.69 bits per heavy atom. The third-order valence-corrected chi connectivity index (χ3v) is 6.08. The van der Waals surface area contributed by atoms with Crippen LogP contribution in [0.25, 0.3) is 10.4 Å². The molecule has 3 aromatic rings. The van der Waals surface area contributed by atoms with Gasteiger partial charge in [0.25, 0.3) is 5.91 Å². The summed E-state index contributed by atoms with van der Waals surface area (Å²) in [5.41, 5.74) is 6.58. The maximum atomic E-state index is 13.1. The van der Waals surface area contributed by atoms with Gasteiger partial charge >= 0.3 is 0 Å². The van der Waals surface area contributed by atoms with Crippen molar-refractivity contribution in [3.05, 3.63) is 69.6 Å². The van der Waals surface area contributed by atoms with Gasteiger partial charge in [-0.25, -0.2) is 0 Å². The van der Waals surface area contributed by atoms with Crippen molar-refractivity contribution in [3.8, 4) is 16.2 Å². The van der Waals surface area contributed by atoms with E-state index in [0.717, 1.165) is 43.4 Å². The van der Waals surface area contributed by atoms with E-state index in [-0.39, 0.29) is 5.91 Å². The molecule has 3 nitrogen and oxygen atoms in total. The van der Waals surface area contributed by atoms with Crippen molar-refractivity contribution in [2.75, 3.05) is 11.9 Å². The molecule has 4 heteroatoms. The van der Waals surface area contributed by atoms with E-state index in [0.29, 0.717) is 6.61 Å². The van der Waals surface area contributed by atoms with Crippen molar-refractivity contribution in [1.82, 2.24) is 0 Å². The number of hydrogen-bond donors (Lipinski definition) is 0. The van der Waals surface area contributed by atoms with Gasteiger partial charge in [0.1, 0.15) is 12.4 Å². The van der Waals surface area contributed by atoms with Crippen LogP contribution in [-0.2, 0) is 6.61 Å². The maximum Gasteiger partial charge on any atom is 0.268 e. The van der Waals surface area contributed by atoms with Gasteiger partial charge < -0.3 is 9.64 Å². The minimum atomic E-state index is 0.0215. The summed E-state index contributed by atoms with van der Waals surface area (Å²) in [6.07, 6.45) is 0. The molecule has 0 unspecified atom stereocenters. The Hall–Kier alpha value is -2.59. The van der Waals surface area contributed by atoms with E-state index in [1.54, 1.807) is 16.2 Å². The molecule has 1 aliphatic rings. The lowest BCUT2D eigenvalue weighted by atomic mass is 10.0. The van der Waals surface area contributed by atoms with E-state index in [2.05, 4.69) is 31.2 Å². The van der Waals surface area contributed by atoms with Crippen molar-refractivity contribution >= 4 is 22.9 Å². The van der Waals surface area contributed by atoms with Gasteiger partial charge in [-0.1, -0.05) is 24.3 Å². The van der Waals surface area contributed by atoms with Gasteiger partial charge in [-0.2, -0.15) is 0 Å². The molecular formula is C22H21NO2S. The zero-order chi connectivity index (χ0) is 18.4. The second-order valence-electron chi connectivity index (χ2n) is 6.86. The fourth-order valence-corrected chi connectivity index (χ4v) is 4.67. The standard InChI is InChI=1S/C22H21NO2S/c1-13-8-9-14(2)17(10-13)23(4)22(24)19-11-16-12-25-18-7-5-6-15(3)20(18)21(16)26-19/h5-11H,12H2,1-4H3. The Labute approximate surface area is 157 Å². The first kappa shape index (κ1) is 16.9. The van der Waals surface area contributed by atoms with Crippen LogP contribution in [0.3, 0.4) is 0 Å². The van der Waals surface area contributed by atoms with E-state index >= 15 is 0 Å². The van der Waals surface area contributed by atoms with E-state index in [4.69, 9.17) is 4.74 Å². The number of aryl methyl sites for hydroxylation is 3. The summed E-state index contributed by atoms with van der Waals surface area (Å²) in [5.74, 6) is 0.925. The number of carbonyl (C=O) groups excluding carboxylic acids is 1. The van der Waals surface area contributed by atoms with Crippen LogP contribution in [0, 0.1) is 20.8 Å². The van der Waals surface area contributed by atoms with Crippen LogP contribution < -0.4 is 9.64 Å². The molecule has 0 spiro atoms. The van der Waals surface area contributed by atoms with Gasteiger partial charge in [0.2, 0.25) is 0 Å². The highest BCUT2D eigenvalue weighted by Gasteiger charge is 2.25. The van der Waals surface area contributed by atoms with Crippen molar-refractivity contribution in [2.24, 2.45) is 0 Å². The number of amides is 1. The number of thiophene rings is 1. The van der Waals surface area contributed by atoms with Gasteiger partial charge in [-0.15, -0.1) is 11.3 Å². The number of anilines is 1. The van der Waals surface area contributed by atoms with Crippen LogP contribution in [0.5, 0.6) is 5.75 Å². The van der Waals surface area contributed by atoms with Crippen LogP contribution in [-0.4, -0.2) is 13.0 Å². The van der Waals surface area contributed by atoms with Crippen LogP contribution in [0.4, 0.5) is 5.69 Å². The molecule has 2 aromatic carbocycles. The molecule has 26 heavy (non-hydrogen) atoms. The van der Waals surface area contributed by atoms with Crippen molar-refractivity contribution < 1.29 is 9.53 Å². The molecule has 0 N–H and O–H groups in total. The zero-order valence-corrected chi connectivity index (χ0v) is 16.2. The summed E-state index contributed by atoms with van der Waals surface area (Å²) in [4.78, 5) is 16.8. The molecule has 4 rings (SSSR count). The number of ether oxygens (including phenoxy) is 1. The Kier molecular flexibility index (Phi) is 4.08. The van der Waals surface area contributed by atoms with Crippen LogP contribution in [0.1, 0.15) is 31.9 Å². The fourth-order valence-electron chi connectivity index (χ4n) is 3.42. The lowest BCUT2D eigenvalue weighted by Gasteiger charge is -2.19. The lowest BCUT2D eigenvalue weighted by Crippen LogP contribution is -2.26. The highest BCUT2D eigenvalue weighted by molar-refractivity contribution is 7.17. The normalized spacial score (nSPS) is 12.2. The van der Waals surface area contributed by atoms with E-state index < -0.39 is 0 Å². The summed E-state index contributed by atoms with van der Waals surface area (Å²) in [5, 5.41) is 0. The Balaban J connectivity index is 1.73. The lowest BCUT2D eigenvalue weighted by molar-refractivity contribution is 0.0996. The Morgan fingerprint density at radius 1 is 1.08 bits per heavy atom. The van der Waals surface area contributed by atoms with Crippen LogP contribution in [0.15, 0.2) is 42.5 Å². The molecule has 1 aromatic heterocycles. The first-order valence-electron chi connectivity index (χ1n) is 8.66. The molecule has 2 heterocycles. The molecular weight excluding hydrogens is 342 g/mol. The van der Waals surface area contributed by atoms with E-state index in [1.165, 1.54) is 5.56 Å². The highest BCUT2D eigenvalue weighted by atomic mass is 32.1. The first-order chi connectivity index (χ1) is 12.5. The summed E-state index contributed by atoms with van der Waals surface area (Å²) < 4.78 is 5.89. The minimum Gasteiger partial charge on any atom is -0.488 e. The number of carbonyl (C=O) groups is 1. The molecule has 1 aliphatic heterocycles. The Morgan fingerprint density at radius 2 is 1.88 bits per heavy atom. The van der Waals surface area contributed by atoms with Gasteiger partial charge in [0, 0.05) is 28.7 Å². The third-order valence-electron chi connectivity index (χ3n) is 4.90. The molecule has 1 amide bonds. The average Bonchev–Trinajstić information content (AvgIpc) is 3.07. The number of benzene rings is 2. The topological polar surface area (TPSA) is 29.5 Å². The zero-order valence-electron chi connectivity index (χ0n) is 15.4. The number of hydrogen-bond acceptors (Lipinski definition) is 3. The largest absolute Gasteiger partial charge is 0.488 e. The summed E-state index contributed by atoms with van der Waals surface area (Å²) in [6.45, 7) is 6.68. The maximum absolute atomic E-state index is 13.1. The van der Waals surface area contributed by atoms with Crippen molar-refractivity contribution in [3.63, 3.8) is 0 Å². The Bertz CT molecular complexity index is 1020. The molecule has 0 atom stereocenters. The van der Waals surface area contributed by atoms with Gasteiger partial charge in [0.05, 0.1) is 4.88 Å². The summed E-state index contributed by atoms with van der Waals surface area (Å²) in [7, 11) is 1.85. The number of fused-ring (bicyclic) bond motifs is 3. The number of nitrogens with zero attached hydrogens (tertiary/aromatic N) is 1. The van der Waals surface area contributed by atoms with Crippen molar-refractivity contribution in [1.29, 1.82) is 0 Å². The predicted octanol–water partition coefficient (Wildman–Crippen LogP) is 5.51. The van der Waals surface area contributed by atoms with Gasteiger partial charge in [0.15, 0.2) is 0 Å². The molecule has 0 bridgehead atoms. The van der Waals surface area contributed by atoms with Crippen LogP contribution in [0.2, 0.25) is 0 Å². The fraction of sp³-hybridized carbons (Fsp3) is 0.227. The minimum absolute atomic E-state index is 0.0215. The number of rotatable bonds is 2. The monoisotopic (exact) mass is 363 g/mol. The summed E-state index contributed by atoms with van der Waals surface area (Å²) in [6, 6.07) is 14.3.